The summed E-state index contributed by atoms with van der Waals surface area (Å²) in [6.45, 7) is 5.29. The van der Waals surface area contributed by atoms with E-state index in [0.717, 1.165) is 38.2 Å². The van der Waals surface area contributed by atoms with E-state index < -0.39 is 0 Å². The number of benzene rings is 1. The number of rotatable bonds is 4. The van der Waals surface area contributed by atoms with Crippen LogP contribution in [-0.4, -0.2) is 45.0 Å². The number of nitrogens with one attached hydrogen (secondary N) is 1. The number of nitrogens with zero attached hydrogens (tertiary/aromatic N) is 4. The summed E-state index contributed by atoms with van der Waals surface area (Å²) >= 11 is 0. The Morgan fingerprint density at radius 3 is 2.68 bits per heavy atom. The highest BCUT2D eigenvalue weighted by molar-refractivity contribution is 6.08. The molecule has 1 aliphatic rings. The number of fused-ring (bicyclic) bond motifs is 1. The molecule has 0 spiro atoms. The van der Waals surface area contributed by atoms with Crippen molar-refractivity contribution < 1.29 is 9.18 Å². The standard InChI is InChI=1S/C20H23FN6O/c1-2-26-9-7-13(8-10-26)17-11-18(22)27-19(25-17)16(12-23-27)20(28)24-15-5-3-14(21)4-6-15/h3-6,11-13H,2,7-10,22H2,1H3,(H,24,28). The Morgan fingerprint density at radius 2 is 2.00 bits per heavy atom. The Kier molecular flexibility index (Phi) is 4.95. The van der Waals surface area contributed by atoms with Gasteiger partial charge in [0.1, 0.15) is 17.2 Å². The van der Waals surface area contributed by atoms with E-state index in [9.17, 15) is 9.18 Å². The van der Waals surface area contributed by atoms with Crippen LogP contribution in [0.4, 0.5) is 15.9 Å². The molecule has 1 aliphatic heterocycles. The van der Waals surface area contributed by atoms with Gasteiger partial charge in [-0.3, -0.25) is 4.79 Å². The van der Waals surface area contributed by atoms with Gasteiger partial charge >= 0.3 is 0 Å². The van der Waals surface area contributed by atoms with Gasteiger partial charge in [-0.1, -0.05) is 6.92 Å². The number of amides is 1. The molecule has 3 N–H and O–H groups in total. The summed E-state index contributed by atoms with van der Waals surface area (Å²) in [7, 11) is 0. The maximum absolute atomic E-state index is 13.1. The summed E-state index contributed by atoms with van der Waals surface area (Å²) in [4.78, 5) is 19.9. The van der Waals surface area contributed by atoms with Crippen molar-refractivity contribution in [3.05, 3.63) is 53.6 Å². The van der Waals surface area contributed by atoms with Crippen molar-refractivity contribution in [2.24, 2.45) is 0 Å². The number of hydrogen-bond acceptors (Lipinski definition) is 5. The van der Waals surface area contributed by atoms with Gasteiger partial charge in [-0.15, -0.1) is 0 Å². The molecule has 3 aromatic rings. The van der Waals surface area contributed by atoms with Crippen LogP contribution < -0.4 is 11.1 Å². The fraction of sp³-hybridized carbons (Fsp3) is 0.350. The van der Waals surface area contributed by atoms with Crippen LogP contribution >= 0.6 is 0 Å². The summed E-state index contributed by atoms with van der Waals surface area (Å²) < 4.78 is 14.5. The van der Waals surface area contributed by atoms with Gasteiger partial charge in [0.2, 0.25) is 0 Å². The predicted octanol–water partition coefficient (Wildman–Crippen LogP) is 2.90. The van der Waals surface area contributed by atoms with Crippen LogP contribution in [-0.2, 0) is 0 Å². The van der Waals surface area contributed by atoms with Crippen LogP contribution in [0.25, 0.3) is 5.65 Å². The van der Waals surface area contributed by atoms with Crippen molar-refractivity contribution in [3.8, 4) is 0 Å². The third-order valence-corrected chi connectivity index (χ3v) is 5.32. The number of nitrogen functional groups attached to an aromatic ring is 1. The van der Waals surface area contributed by atoms with E-state index in [1.54, 1.807) is 0 Å². The normalized spacial score (nSPS) is 15.8. The van der Waals surface area contributed by atoms with Gasteiger partial charge < -0.3 is 16.0 Å². The molecule has 1 fully saturated rings. The quantitative estimate of drug-likeness (QED) is 0.724. The fourth-order valence-electron chi connectivity index (χ4n) is 3.65. The second-order valence-electron chi connectivity index (χ2n) is 7.07. The average Bonchev–Trinajstić information content (AvgIpc) is 3.14. The lowest BCUT2D eigenvalue weighted by Crippen LogP contribution is -2.33. The zero-order valence-corrected chi connectivity index (χ0v) is 15.7. The molecule has 0 radical (unpaired) electrons. The van der Waals surface area contributed by atoms with Crippen LogP contribution in [0, 0.1) is 5.82 Å². The van der Waals surface area contributed by atoms with E-state index in [-0.39, 0.29) is 11.7 Å². The highest BCUT2D eigenvalue weighted by Gasteiger charge is 2.23. The Morgan fingerprint density at radius 1 is 1.29 bits per heavy atom. The number of halogens is 1. The van der Waals surface area contributed by atoms with Crippen molar-refractivity contribution in [2.45, 2.75) is 25.7 Å². The number of hydrogen-bond donors (Lipinski definition) is 2. The first-order valence-corrected chi connectivity index (χ1v) is 9.48. The average molecular weight is 382 g/mol. The molecule has 146 valence electrons. The summed E-state index contributed by atoms with van der Waals surface area (Å²) in [5, 5.41) is 6.96. The van der Waals surface area contributed by atoms with E-state index in [2.05, 4.69) is 22.2 Å². The predicted molar refractivity (Wildman–Crippen MR) is 106 cm³/mol. The maximum atomic E-state index is 13.1. The highest BCUT2D eigenvalue weighted by Crippen LogP contribution is 2.29. The van der Waals surface area contributed by atoms with Gasteiger partial charge in [-0.2, -0.15) is 9.61 Å². The van der Waals surface area contributed by atoms with Crippen LogP contribution in [0.3, 0.4) is 0 Å². The lowest BCUT2D eigenvalue weighted by molar-refractivity contribution is 0.102. The van der Waals surface area contributed by atoms with Gasteiger partial charge in [0, 0.05) is 23.4 Å². The Labute approximate surface area is 162 Å². The number of carbonyl (C=O) groups excluding carboxylic acids is 1. The van der Waals surface area contributed by atoms with E-state index in [1.807, 2.05) is 6.07 Å². The second-order valence-corrected chi connectivity index (χ2v) is 7.07. The summed E-state index contributed by atoms with van der Waals surface area (Å²) in [5.74, 6) is 0.0606. The minimum atomic E-state index is -0.359. The molecular weight excluding hydrogens is 359 g/mol. The largest absolute Gasteiger partial charge is 0.384 e. The molecule has 2 aromatic heterocycles. The monoisotopic (exact) mass is 382 g/mol. The molecule has 0 bridgehead atoms. The van der Waals surface area contributed by atoms with Crippen molar-refractivity contribution in [2.75, 3.05) is 30.7 Å². The zero-order chi connectivity index (χ0) is 19.7. The van der Waals surface area contributed by atoms with Gasteiger partial charge in [0.25, 0.3) is 5.91 Å². The van der Waals surface area contributed by atoms with Crippen LogP contribution in [0.15, 0.2) is 36.5 Å². The van der Waals surface area contributed by atoms with E-state index in [1.165, 1.54) is 35.0 Å². The molecule has 3 heterocycles. The van der Waals surface area contributed by atoms with Crippen molar-refractivity contribution in [1.29, 1.82) is 0 Å². The van der Waals surface area contributed by atoms with Gasteiger partial charge in [0.15, 0.2) is 5.65 Å². The van der Waals surface area contributed by atoms with Crippen molar-refractivity contribution >= 4 is 23.1 Å². The van der Waals surface area contributed by atoms with Crippen molar-refractivity contribution in [3.63, 3.8) is 0 Å². The van der Waals surface area contributed by atoms with E-state index in [4.69, 9.17) is 10.7 Å². The van der Waals surface area contributed by atoms with E-state index in [0.29, 0.717) is 28.6 Å². The Hall–Kier alpha value is -3.00. The molecule has 0 saturated carbocycles. The van der Waals surface area contributed by atoms with Gasteiger partial charge in [-0.05, 0) is 56.7 Å². The third kappa shape index (κ3) is 3.55. The number of carbonyl (C=O) groups is 1. The summed E-state index contributed by atoms with van der Waals surface area (Å²) in [6, 6.07) is 7.46. The SMILES string of the molecule is CCN1CCC(c2cc(N)n3ncc(C(=O)Nc4ccc(F)cc4)c3n2)CC1. The number of nitrogens with two attached hydrogens (primary N) is 1. The summed E-state index contributed by atoms with van der Waals surface area (Å²) in [5.41, 5.74) is 8.35. The van der Waals surface area contributed by atoms with Gasteiger partial charge in [0.05, 0.1) is 6.20 Å². The minimum Gasteiger partial charge on any atom is -0.384 e. The molecule has 1 amide bonds. The molecule has 4 rings (SSSR count). The van der Waals surface area contributed by atoms with Crippen molar-refractivity contribution in [1.82, 2.24) is 19.5 Å². The molecule has 1 aromatic carbocycles. The molecule has 0 atom stereocenters. The molecule has 7 nitrogen and oxygen atoms in total. The number of piperidine rings is 1. The van der Waals surface area contributed by atoms with E-state index >= 15 is 0 Å². The number of likely N-dealkylation sites (tertiary alicyclic amines) is 1. The molecule has 0 unspecified atom stereocenters. The maximum Gasteiger partial charge on any atom is 0.261 e. The first-order valence-electron chi connectivity index (χ1n) is 9.48. The number of aromatic nitrogens is 3. The lowest BCUT2D eigenvalue weighted by Gasteiger charge is -2.30. The van der Waals surface area contributed by atoms with Crippen LogP contribution in [0.5, 0.6) is 0 Å². The molecule has 0 aliphatic carbocycles. The highest BCUT2D eigenvalue weighted by atomic mass is 19.1. The fourth-order valence-corrected chi connectivity index (χ4v) is 3.65. The Balaban J connectivity index is 1.62. The topological polar surface area (TPSA) is 88.5 Å². The first-order chi connectivity index (χ1) is 13.5. The molecular formula is C20H23FN6O. The minimum absolute atomic E-state index is 0.318. The Bertz CT molecular complexity index is 992. The molecule has 8 heteroatoms. The van der Waals surface area contributed by atoms with Gasteiger partial charge in [-0.25, -0.2) is 9.37 Å². The van der Waals surface area contributed by atoms with Crippen LogP contribution in [0.1, 0.15) is 41.7 Å². The zero-order valence-electron chi connectivity index (χ0n) is 15.7. The first kappa shape index (κ1) is 18.4. The molecule has 28 heavy (non-hydrogen) atoms. The lowest BCUT2D eigenvalue weighted by atomic mass is 9.93. The van der Waals surface area contributed by atoms with Crippen LogP contribution in [0.2, 0.25) is 0 Å². The number of anilines is 2. The second kappa shape index (κ2) is 7.55. The summed E-state index contributed by atoms with van der Waals surface area (Å²) in [6.07, 6.45) is 3.49. The third-order valence-electron chi connectivity index (χ3n) is 5.32. The molecule has 1 saturated heterocycles. The smallest absolute Gasteiger partial charge is 0.261 e.